The summed E-state index contributed by atoms with van der Waals surface area (Å²) in [5.74, 6) is 0.828. The molecular weight excluding hydrogens is 200 g/mol. The topological polar surface area (TPSA) is 24.5 Å². The average Bonchev–Trinajstić information content (AvgIpc) is 2.33. The van der Waals surface area contributed by atoms with Gasteiger partial charge in [-0.3, -0.25) is 4.90 Å². The van der Waals surface area contributed by atoms with Crippen molar-refractivity contribution < 1.29 is 4.74 Å². The Bertz CT molecular complexity index is 210. The van der Waals surface area contributed by atoms with E-state index < -0.39 is 0 Å². The summed E-state index contributed by atoms with van der Waals surface area (Å²) in [6.07, 6.45) is 3.94. The summed E-state index contributed by atoms with van der Waals surface area (Å²) >= 11 is 0. The van der Waals surface area contributed by atoms with Gasteiger partial charge < -0.3 is 10.1 Å². The molecule has 3 heteroatoms. The van der Waals surface area contributed by atoms with E-state index in [1.807, 2.05) is 0 Å². The highest BCUT2D eigenvalue weighted by molar-refractivity contribution is 4.84. The largest absolute Gasteiger partial charge is 0.378 e. The number of piperidine rings is 1. The van der Waals surface area contributed by atoms with Crippen LogP contribution >= 0.6 is 0 Å². The average molecular weight is 226 g/mol. The second kappa shape index (κ2) is 5.99. The fourth-order valence-corrected chi connectivity index (χ4v) is 2.92. The van der Waals surface area contributed by atoms with Crippen molar-refractivity contribution in [1.82, 2.24) is 10.2 Å². The Hall–Kier alpha value is -0.120. The summed E-state index contributed by atoms with van der Waals surface area (Å²) in [6, 6.07) is 1.34. The minimum Gasteiger partial charge on any atom is -0.378 e. The number of morpholine rings is 1. The Morgan fingerprint density at radius 3 is 3.06 bits per heavy atom. The third kappa shape index (κ3) is 2.96. The molecule has 3 atom stereocenters. The highest BCUT2D eigenvalue weighted by Crippen LogP contribution is 2.19. The molecule has 1 N–H and O–H groups in total. The fourth-order valence-electron chi connectivity index (χ4n) is 2.92. The lowest BCUT2D eigenvalue weighted by Crippen LogP contribution is -2.54. The number of hydrogen-bond acceptors (Lipinski definition) is 3. The van der Waals surface area contributed by atoms with Crippen molar-refractivity contribution in [2.75, 3.05) is 32.8 Å². The maximum absolute atomic E-state index is 5.56. The molecule has 94 valence electrons. The summed E-state index contributed by atoms with van der Waals surface area (Å²) in [4.78, 5) is 2.63. The van der Waals surface area contributed by atoms with Gasteiger partial charge in [-0.05, 0) is 31.7 Å². The second-order valence-electron chi connectivity index (χ2n) is 5.31. The zero-order chi connectivity index (χ0) is 11.4. The molecule has 0 radical (unpaired) electrons. The SMILES string of the molecule is CCC1COCCN1CC1NCCCC1C. The van der Waals surface area contributed by atoms with Crippen LogP contribution in [-0.2, 0) is 4.74 Å². The predicted molar refractivity (Wildman–Crippen MR) is 66.7 cm³/mol. The van der Waals surface area contributed by atoms with Crippen LogP contribution in [0.3, 0.4) is 0 Å². The Morgan fingerprint density at radius 1 is 1.44 bits per heavy atom. The van der Waals surface area contributed by atoms with Crippen molar-refractivity contribution in [3.8, 4) is 0 Å². The van der Waals surface area contributed by atoms with E-state index in [0.29, 0.717) is 12.1 Å². The van der Waals surface area contributed by atoms with Crippen LogP contribution in [0, 0.1) is 5.92 Å². The van der Waals surface area contributed by atoms with E-state index in [9.17, 15) is 0 Å². The first kappa shape index (κ1) is 12.3. The number of nitrogens with zero attached hydrogens (tertiary/aromatic N) is 1. The molecule has 0 saturated carbocycles. The minimum atomic E-state index is 0.643. The first-order valence-electron chi connectivity index (χ1n) is 6.86. The van der Waals surface area contributed by atoms with Gasteiger partial charge in [0.05, 0.1) is 13.2 Å². The van der Waals surface area contributed by atoms with Gasteiger partial charge in [0.15, 0.2) is 0 Å². The van der Waals surface area contributed by atoms with Crippen LogP contribution < -0.4 is 5.32 Å². The molecule has 2 aliphatic heterocycles. The summed E-state index contributed by atoms with van der Waals surface area (Å²) in [7, 11) is 0. The molecule has 0 amide bonds. The summed E-state index contributed by atoms with van der Waals surface area (Å²) < 4.78 is 5.56. The van der Waals surface area contributed by atoms with Crippen LogP contribution in [-0.4, -0.2) is 49.8 Å². The van der Waals surface area contributed by atoms with Gasteiger partial charge in [-0.1, -0.05) is 13.8 Å². The van der Waals surface area contributed by atoms with E-state index in [1.165, 1.54) is 32.4 Å². The molecule has 2 aliphatic rings. The summed E-state index contributed by atoms with van der Waals surface area (Å²) in [5, 5.41) is 3.68. The molecule has 3 nitrogen and oxygen atoms in total. The molecule has 0 bridgehead atoms. The van der Waals surface area contributed by atoms with Crippen LogP contribution in [0.4, 0.5) is 0 Å². The van der Waals surface area contributed by atoms with Crippen LogP contribution in [0.1, 0.15) is 33.1 Å². The van der Waals surface area contributed by atoms with Gasteiger partial charge in [0, 0.05) is 25.2 Å². The van der Waals surface area contributed by atoms with Crippen molar-refractivity contribution >= 4 is 0 Å². The molecule has 0 aromatic heterocycles. The van der Waals surface area contributed by atoms with Crippen molar-refractivity contribution in [2.45, 2.75) is 45.2 Å². The van der Waals surface area contributed by atoms with Gasteiger partial charge in [0.25, 0.3) is 0 Å². The normalized spacial score (nSPS) is 37.5. The lowest BCUT2D eigenvalue weighted by molar-refractivity contribution is -0.0164. The molecule has 16 heavy (non-hydrogen) atoms. The maximum Gasteiger partial charge on any atom is 0.0622 e. The van der Waals surface area contributed by atoms with Crippen molar-refractivity contribution in [1.29, 1.82) is 0 Å². The fraction of sp³-hybridized carbons (Fsp3) is 1.00. The van der Waals surface area contributed by atoms with Crippen LogP contribution in [0.15, 0.2) is 0 Å². The van der Waals surface area contributed by atoms with E-state index >= 15 is 0 Å². The minimum absolute atomic E-state index is 0.643. The Balaban J connectivity index is 1.86. The molecular formula is C13H26N2O. The third-order valence-corrected chi connectivity index (χ3v) is 4.18. The Morgan fingerprint density at radius 2 is 2.31 bits per heavy atom. The smallest absolute Gasteiger partial charge is 0.0622 e. The lowest BCUT2D eigenvalue weighted by Gasteiger charge is -2.40. The summed E-state index contributed by atoms with van der Waals surface area (Å²) in [6.45, 7) is 10.0. The van der Waals surface area contributed by atoms with E-state index in [2.05, 4.69) is 24.1 Å². The molecule has 0 aromatic rings. The van der Waals surface area contributed by atoms with Gasteiger partial charge in [0.2, 0.25) is 0 Å². The molecule has 0 aromatic carbocycles. The Labute approximate surface area is 99.5 Å². The number of hydrogen-bond donors (Lipinski definition) is 1. The van der Waals surface area contributed by atoms with Crippen molar-refractivity contribution in [3.05, 3.63) is 0 Å². The van der Waals surface area contributed by atoms with Gasteiger partial charge in [-0.15, -0.1) is 0 Å². The number of rotatable bonds is 3. The quantitative estimate of drug-likeness (QED) is 0.789. The number of nitrogens with one attached hydrogen (secondary N) is 1. The standard InChI is InChI=1S/C13H26N2O/c1-3-12-10-16-8-7-15(12)9-13-11(2)5-4-6-14-13/h11-14H,3-10H2,1-2H3. The van der Waals surface area contributed by atoms with Gasteiger partial charge in [0.1, 0.15) is 0 Å². The first-order chi connectivity index (χ1) is 7.81. The van der Waals surface area contributed by atoms with E-state index in [0.717, 1.165) is 25.7 Å². The van der Waals surface area contributed by atoms with Crippen LogP contribution in [0.5, 0.6) is 0 Å². The van der Waals surface area contributed by atoms with E-state index in [-0.39, 0.29) is 0 Å². The molecule has 0 aliphatic carbocycles. The van der Waals surface area contributed by atoms with E-state index in [4.69, 9.17) is 4.74 Å². The molecule has 2 saturated heterocycles. The van der Waals surface area contributed by atoms with Crippen LogP contribution in [0.25, 0.3) is 0 Å². The third-order valence-electron chi connectivity index (χ3n) is 4.18. The highest BCUT2D eigenvalue weighted by atomic mass is 16.5. The lowest BCUT2D eigenvalue weighted by atomic mass is 9.92. The zero-order valence-corrected chi connectivity index (χ0v) is 10.7. The summed E-state index contributed by atoms with van der Waals surface area (Å²) in [5.41, 5.74) is 0. The van der Waals surface area contributed by atoms with E-state index in [1.54, 1.807) is 0 Å². The highest BCUT2D eigenvalue weighted by Gasteiger charge is 2.27. The van der Waals surface area contributed by atoms with Crippen LogP contribution in [0.2, 0.25) is 0 Å². The molecule has 2 heterocycles. The van der Waals surface area contributed by atoms with Gasteiger partial charge >= 0.3 is 0 Å². The molecule has 0 spiro atoms. The van der Waals surface area contributed by atoms with Gasteiger partial charge in [-0.25, -0.2) is 0 Å². The molecule has 2 rings (SSSR count). The Kier molecular flexibility index (Phi) is 4.62. The molecule has 3 unspecified atom stereocenters. The zero-order valence-electron chi connectivity index (χ0n) is 10.7. The molecule has 2 fully saturated rings. The van der Waals surface area contributed by atoms with Crippen molar-refractivity contribution in [2.24, 2.45) is 5.92 Å². The first-order valence-corrected chi connectivity index (χ1v) is 6.86. The monoisotopic (exact) mass is 226 g/mol. The second-order valence-corrected chi connectivity index (χ2v) is 5.31. The number of ether oxygens (including phenoxy) is 1. The predicted octanol–water partition coefficient (Wildman–Crippen LogP) is 1.49. The van der Waals surface area contributed by atoms with Crippen molar-refractivity contribution in [3.63, 3.8) is 0 Å². The van der Waals surface area contributed by atoms with Gasteiger partial charge in [-0.2, -0.15) is 0 Å². The maximum atomic E-state index is 5.56.